The van der Waals surface area contributed by atoms with Gasteiger partial charge in [-0.3, -0.25) is 0 Å². The van der Waals surface area contributed by atoms with Crippen LogP contribution in [-0.2, 0) is 0 Å². The van der Waals surface area contributed by atoms with E-state index in [0.29, 0.717) is 5.82 Å². The van der Waals surface area contributed by atoms with Gasteiger partial charge in [0.25, 0.3) is 0 Å². The van der Waals surface area contributed by atoms with Crippen LogP contribution in [0, 0.1) is 6.92 Å². The Kier molecular flexibility index (Phi) is 1.89. The summed E-state index contributed by atoms with van der Waals surface area (Å²) >= 11 is 3.79. The van der Waals surface area contributed by atoms with Gasteiger partial charge < -0.3 is 4.72 Å². The first kappa shape index (κ1) is 6.35. The number of hydrogen-bond acceptors (Lipinski definition) is 4. The molecule has 0 aliphatic carbocycles. The lowest BCUT2D eigenvalue weighted by Crippen LogP contribution is -1.89. The Morgan fingerprint density at radius 1 is 1.44 bits per heavy atom. The van der Waals surface area contributed by atoms with Gasteiger partial charge in [0.15, 0.2) is 5.82 Å². The van der Waals surface area contributed by atoms with E-state index in [0.717, 1.165) is 5.69 Å². The highest BCUT2D eigenvalue weighted by molar-refractivity contribution is 7.81. The third-order valence-corrected chi connectivity index (χ3v) is 1.14. The Morgan fingerprint density at radius 2 is 2.22 bits per heavy atom. The molecule has 1 aromatic heterocycles. The molecule has 1 heterocycles. The number of rotatable bonds is 1. The van der Waals surface area contributed by atoms with Crippen molar-refractivity contribution in [3.63, 3.8) is 0 Å². The average molecular weight is 141 g/mol. The van der Waals surface area contributed by atoms with Crippen molar-refractivity contribution in [1.82, 2.24) is 10.2 Å². The van der Waals surface area contributed by atoms with Gasteiger partial charge in [-0.25, -0.2) is 0 Å². The summed E-state index contributed by atoms with van der Waals surface area (Å²) in [5, 5.41) is 7.55. The van der Waals surface area contributed by atoms with Crippen LogP contribution in [0.25, 0.3) is 0 Å². The second-order valence-corrected chi connectivity index (χ2v) is 1.90. The van der Waals surface area contributed by atoms with E-state index in [4.69, 9.17) is 0 Å². The monoisotopic (exact) mass is 141 g/mol. The molecule has 0 radical (unpaired) electrons. The van der Waals surface area contributed by atoms with Crippen LogP contribution in [0.1, 0.15) is 5.69 Å². The summed E-state index contributed by atoms with van der Waals surface area (Å²) < 4.78 is 2.58. The Balaban J connectivity index is 2.88. The molecule has 0 amide bonds. The molecular formula is C5H7N3S. The molecule has 0 bridgehead atoms. The number of nitrogens with one attached hydrogen (secondary N) is 1. The SMILES string of the molecule is Cc1ccc(NS)nn1. The summed E-state index contributed by atoms with van der Waals surface area (Å²) in [5.41, 5.74) is 0.905. The Hall–Kier alpha value is -0.770. The molecule has 0 saturated heterocycles. The van der Waals surface area contributed by atoms with Crippen molar-refractivity contribution in [1.29, 1.82) is 0 Å². The fourth-order valence-corrected chi connectivity index (χ4v) is 0.578. The molecule has 0 aliphatic rings. The van der Waals surface area contributed by atoms with E-state index >= 15 is 0 Å². The second-order valence-electron chi connectivity index (χ2n) is 1.67. The molecular weight excluding hydrogens is 134 g/mol. The van der Waals surface area contributed by atoms with E-state index < -0.39 is 0 Å². The molecule has 9 heavy (non-hydrogen) atoms. The maximum absolute atomic E-state index is 3.79. The van der Waals surface area contributed by atoms with Gasteiger partial charge in [-0.1, -0.05) is 12.8 Å². The molecule has 0 aromatic carbocycles. The van der Waals surface area contributed by atoms with Crippen LogP contribution in [0.4, 0.5) is 5.82 Å². The highest BCUT2D eigenvalue weighted by Gasteiger charge is 1.87. The van der Waals surface area contributed by atoms with Crippen LogP contribution < -0.4 is 4.72 Å². The first-order valence-electron chi connectivity index (χ1n) is 2.53. The normalized spacial score (nSPS) is 9.11. The lowest BCUT2D eigenvalue weighted by molar-refractivity contribution is 0.991. The van der Waals surface area contributed by atoms with Gasteiger partial charge in [0.05, 0.1) is 5.69 Å². The minimum absolute atomic E-state index is 0.670. The van der Waals surface area contributed by atoms with Crippen molar-refractivity contribution in [2.45, 2.75) is 6.92 Å². The van der Waals surface area contributed by atoms with E-state index in [1.165, 1.54) is 0 Å². The average Bonchev–Trinajstić information content (AvgIpc) is 1.90. The molecule has 0 saturated carbocycles. The van der Waals surface area contributed by atoms with Crippen LogP contribution >= 0.6 is 12.8 Å². The number of aryl methyl sites for hydroxylation is 1. The number of aromatic nitrogens is 2. The van der Waals surface area contributed by atoms with Crippen LogP contribution in [0.15, 0.2) is 12.1 Å². The maximum atomic E-state index is 3.79. The van der Waals surface area contributed by atoms with E-state index in [2.05, 4.69) is 27.7 Å². The molecule has 0 spiro atoms. The van der Waals surface area contributed by atoms with Gasteiger partial charge in [0.1, 0.15) is 0 Å². The highest BCUT2D eigenvalue weighted by atomic mass is 32.1. The Labute approximate surface area is 59.0 Å². The molecule has 0 fully saturated rings. The highest BCUT2D eigenvalue weighted by Crippen LogP contribution is 2.00. The van der Waals surface area contributed by atoms with E-state index in [-0.39, 0.29) is 0 Å². The third-order valence-electron chi connectivity index (χ3n) is 0.912. The van der Waals surface area contributed by atoms with Gasteiger partial charge in [0, 0.05) is 0 Å². The zero-order chi connectivity index (χ0) is 6.69. The number of nitrogens with zero attached hydrogens (tertiary/aromatic N) is 2. The second kappa shape index (κ2) is 2.68. The summed E-state index contributed by atoms with van der Waals surface area (Å²) in [7, 11) is 0. The van der Waals surface area contributed by atoms with E-state index in [1.807, 2.05) is 19.1 Å². The molecule has 1 N–H and O–H groups in total. The summed E-state index contributed by atoms with van der Waals surface area (Å²) in [6.07, 6.45) is 0. The van der Waals surface area contributed by atoms with Gasteiger partial charge in [0.2, 0.25) is 0 Å². The molecule has 1 aromatic rings. The van der Waals surface area contributed by atoms with Gasteiger partial charge >= 0.3 is 0 Å². The summed E-state index contributed by atoms with van der Waals surface area (Å²) in [4.78, 5) is 0. The molecule has 0 unspecified atom stereocenters. The first-order valence-corrected chi connectivity index (χ1v) is 2.98. The fourth-order valence-electron chi connectivity index (χ4n) is 0.459. The van der Waals surface area contributed by atoms with Crippen molar-refractivity contribution in [2.24, 2.45) is 0 Å². The van der Waals surface area contributed by atoms with Crippen LogP contribution in [0.3, 0.4) is 0 Å². The topological polar surface area (TPSA) is 37.8 Å². The number of thiol groups is 1. The fraction of sp³-hybridized carbons (Fsp3) is 0.200. The van der Waals surface area contributed by atoms with Crippen LogP contribution in [0.5, 0.6) is 0 Å². The van der Waals surface area contributed by atoms with Crippen molar-refractivity contribution >= 4 is 18.6 Å². The van der Waals surface area contributed by atoms with E-state index in [1.54, 1.807) is 0 Å². The van der Waals surface area contributed by atoms with Crippen LogP contribution in [-0.4, -0.2) is 10.2 Å². The Bertz CT molecular complexity index is 184. The standard InChI is InChI=1S/C5H7N3S/c1-4-2-3-5(8-9)7-6-4/h2-3,9H,1H3,(H,7,8). The lowest BCUT2D eigenvalue weighted by atomic mass is 10.4. The van der Waals surface area contributed by atoms with Crippen molar-refractivity contribution in [3.05, 3.63) is 17.8 Å². The van der Waals surface area contributed by atoms with Gasteiger partial charge in [-0.2, -0.15) is 5.10 Å². The molecule has 3 nitrogen and oxygen atoms in total. The van der Waals surface area contributed by atoms with Gasteiger partial charge in [-0.05, 0) is 19.1 Å². The smallest absolute Gasteiger partial charge is 0.158 e. The predicted octanol–water partition coefficient (Wildman–Crippen LogP) is 1.04. The van der Waals surface area contributed by atoms with Crippen molar-refractivity contribution < 1.29 is 0 Å². The quantitative estimate of drug-likeness (QED) is 0.574. The summed E-state index contributed by atoms with van der Waals surface area (Å²) in [6.45, 7) is 1.88. The minimum Gasteiger partial charge on any atom is -0.315 e. The minimum atomic E-state index is 0.670. The Morgan fingerprint density at radius 3 is 2.67 bits per heavy atom. The zero-order valence-electron chi connectivity index (χ0n) is 5.00. The van der Waals surface area contributed by atoms with Crippen molar-refractivity contribution in [2.75, 3.05) is 4.72 Å². The zero-order valence-corrected chi connectivity index (χ0v) is 5.89. The molecule has 0 aliphatic heterocycles. The third kappa shape index (κ3) is 1.57. The van der Waals surface area contributed by atoms with Gasteiger partial charge in [-0.15, -0.1) is 5.10 Å². The van der Waals surface area contributed by atoms with Crippen molar-refractivity contribution in [3.8, 4) is 0 Å². The van der Waals surface area contributed by atoms with Crippen LogP contribution in [0.2, 0.25) is 0 Å². The first-order chi connectivity index (χ1) is 4.33. The molecule has 48 valence electrons. The largest absolute Gasteiger partial charge is 0.315 e. The molecule has 0 atom stereocenters. The maximum Gasteiger partial charge on any atom is 0.158 e. The molecule has 4 heteroatoms. The lowest BCUT2D eigenvalue weighted by Gasteiger charge is -1.93. The summed E-state index contributed by atoms with van der Waals surface area (Å²) in [6, 6.07) is 3.68. The summed E-state index contributed by atoms with van der Waals surface area (Å²) in [5.74, 6) is 0.670. The van der Waals surface area contributed by atoms with E-state index in [9.17, 15) is 0 Å². The number of hydrogen-bond donors (Lipinski definition) is 2. The number of anilines is 1. The predicted molar refractivity (Wildman–Crippen MR) is 39.4 cm³/mol. The molecule has 1 rings (SSSR count).